The lowest BCUT2D eigenvalue weighted by atomic mass is 9.75. The molecule has 1 aromatic heterocycles. The summed E-state index contributed by atoms with van der Waals surface area (Å²) in [5, 5.41) is 0. The van der Waals surface area contributed by atoms with E-state index in [9.17, 15) is 0 Å². The molecule has 1 fully saturated rings. The van der Waals surface area contributed by atoms with Gasteiger partial charge in [0.05, 0.1) is 11.7 Å². The highest BCUT2D eigenvalue weighted by Crippen LogP contribution is 2.38. The van der Waals surface area contributed by atoms with Gasteiger partial charge in [0.2, 0.25) is 0 Å². The van der Waals surface area contributed by atoms with Crippen molar-refractivity contribution in [2.75, 3.05) is 7.05 Å². The summed E-state index contributed by atoms with van der Waals surface area (Å²) in [4.78, 5) is 6.98. The lowest BCUT2D eigenvalue weighted by Gasteiger charge is -2.42. The number of nitrogens with two attached hydrogens (primary N) is 1. The predicted octanol–water partition coefficient (Wildman–Crippen LogP) is 3.37. The quantitative estimate of drug-likeness (QED) is 0.916. The molecule has 0 aromatic carbocycles. The van der Waals surface area contributed by atoms with Crippen molar-refractivity contribution in [3.8, 4) is 0 Å². The Bertz CT molecular complexity index is 404. The first-order valence-corrected chi connectivity index (χ1v) is 7.79. The van der Waals surface area contributed by atoms with Gasteiger partial charge in [-0.2, -0.15) is 0 Å². The molecule has 0 amide bonds. The predicted molar refractivity (Wildman–Crippen MR) is 84.4 cm³/mol. The molecule has 2 N–H and O–H groups in total. The summed E-state index contributed by atoms with van der Waals surface area (Å²) in [7, 11) is 2.21. The Hall–Kier alpha value is -0.930. The molecule has 1 aromatic rings. The second-order valence-electron chi connectivity index (χ2n) is 7.12. The fraction of sp³-hybridized carbons (Fsp3) is 0.706. The highest BCUT2D eigenvalue weighted by atomic mass is 15.2. The van der Waals surface area contributed by atoms with Crippen LogP contribution in [0.25, 0.3) is 0 Å². The Morgan fingerprint density at radius 3 is 2.45 bits per heavy atom. The number of nitrogens with zero attached hydrogens (tertiary/aromatic N) is 2. The van der Waals surface area contributed by atoms with Crippen LogP contribution in [0, 0.1) is 5.41 Å². The zero-order valence-electron chi connectivity index (χ0n) is 13.3. The zero-order valence-corrected chi connectivity index (χ0v) is 13.3. The van der Waals surface area contributed by atoms with Gasteiger partial charge < -0.3 is 5.73 Å². The molecule has 1 aliphatic rings. The molecule has 1 aliphatic carbocycles. The van der Waals surface area contributed by atoms with E-state index >= 15 is 0 Å². The van der Waals surface area contributed by atoms with Gasteiger partial charge in [0.1, 0.15) is 0 Å². The Labute approximate surface area is 123 Å². The lowest BCUT2D eigenvalue weighted by Crippen LogP contribution is -2.45. The molecule has 2 atom stereocenters. The molecule has 1 saturated carbocycles. The number of likely N-dealkylation sites (N-methyl/N-ethyl adjacent to an activating group) is 1. The summed E-state index contributed by atoms with van der Waals surface area (Å²) >= 11 is 0. The van der Waals surface area contributed by atoms with E-state index < -0.39 is 0 Å². The van der Waals surface area contributed by atoms with E-state index in [1.54, 1.807) is 0 Å². The van der Waals surface area contributed by atoms with Gasteiger partial charge in [0.25, 0.3) is 0 Å². The summed E-state index contributed by atoms with van der Waals surface area (Å²) in [6.45, 7) is 6.85. The molecule has 0 bridgehead atoms. The Morgan fingerprint density at radius 2 is 1.95 bits per heavy atom. The SMILES string of the molecule is CC(N)C(c1ccccn1)N(C)C1CCC(C)(C)CC1. The third-order valence-corrected chi connectivity index (χ3v) is 4.81. The van der Waals surface area contributed by atoms with Crippen molar-refractivity contribution in [3.05, 3.63) is 30.1 Å². The molecule has 0 radical (unpaired) electrons. The summed E-state index contributed by atoms with van der Waals surface area (Å²) in [5.41, 5.74) is 7.85. The van der Waals surface area contributed by atoms with E-state index in [-0.39, 0.29) is 12.1 Å². The fourth-order valence-electron chi connectivity index (χ4n) is 3.42. The van der Waals surface area contributed by atoms with Crippen LogP contribution in [0.15, 0.2) is 24.4 Å². The minimum atomic E-state index is 0.0878. The maximum Gasteiger partial charge on any atom is 0.0670 e. The molecule has 2 rings (SSSR count). The van der Waals surface area contributed by atoms with Gasteiger partial charge in [0.15, 0.2) is 0 Å². The molecular weight excluding hydrogens is 246 g/mol. The van der Waals surface area contributed by atoms with E-state index in [1.165, 1.54) is 25.7 Å². The minimum absolute atomic E-state index is 0.0878. The van der Waals surface area contributed by atoms with Gasteiger partial charge in [-0.3, -0.25) is 9.88 Å². The first-order chi connectivity index (χ1) is 9.41. The highest BCUT2D eigenvalue weighted by Gasteiger charge is 2.33. The van der Waals surface area contributed by atoms with Crippen molar-refractivity contribution < 1.29 is 0 Å². The first-order valence-electron chi connectivity index (χ1n) is 7.79. The number of hydrogen-bond acceptors (Lipinski definition) is 3. The van der Waals surface area contributed by atoms with Crippen LogP contribution in [0.3, 0.4) is 0 Å². The van der Waals surface area contributed by atoms with Gasteiger partial charge in [0, 0.05) is 18.3 Å². The smallest absolute Gasteiger partial charge is 0.0670 e. The fourth-order valence-corrected chi connectivity index (χ4v) is 3.42. The van der Waals surface area contributed by atoms with E-state index in [2.05, 4.69) is 49.8 Å². The normalized spacial score (nSPS) is 22.7. The minimum Gasteiger partial charge on any atom is -0.326 e. The van der Waals surface area contributed by atoms with Crippen molar-refractivity contribution in [1.82, 2.24) is 9.88 Å². The van der Waals surface area contributed by atoms with Crippen LogP contribution in [0.4, 0.5) is 0 Å². The Morgan fingerprint density at radius 1 is 1.30 bits per heavy atom. The molecule has 20 heavy (non-hydrogen) atoms. The summed E-state index contributed by atoms with van der Waals surface area (Å²) in [6, 6.07) is 7.03. The molecule has 3 heteroatoms. The summed E-state index contributed by atoms with van der Waals surface area (Å²) in [6.07, 6.45) is 6.99. The highest BCUT2D eigenvalue weighted by molar-refractivity contribution is 5.11. The molecule has 0 saturated heterocycles. The maximum atomic E-state index is 6.25. The summed E-state index contributed by atoms with van der Waals surface area (Å²) in [5.74, 6) is 0. The maximum absolute atomic E-state index is 6.25. The Kier molecular flexibility index (Phi) is 4.82. The molecule has 112 valence electrons. The Balaban J connectivity index is 2.11. The molecular formula is C17H29N3. The van der Waals surface area contributed by atoms with Gasteiger partial charge >= 0.3 is 0 Å². The van der Waals surface area contributed by atoms with Crippen molar-refractivity contribution in [2.24, 2.45) is 11.1 Å². The van der Waals surface area contributed by atoms with Crippen LogP contribution >= 0.6 is 0 Å². The van der Waals surface area contributed by atoms with Crippen LogP contribution in [0.5, 0.6) is 0 Å². The number of hydrogen-bond donors (Lipinski definition) is 1. The van der Waals surface area contributed by atoms with Crippen molar-refractivity contribution in [3.63, 3.8) is 0 Å². The van der Waals surface area contributed by atoms with E-state index in [0.717, 1.165) is 5.69 Å². The topological polar surface area (TPSA) is 42.1 Å². The molecule has 1 heterocycles. The van der Waals surface area contributed by atoms with Crippen LogP contribution in [0.1, 0.15) is 58.2 Å². The first kappa shape index (κ1) is 15.5. The van der Waals surface area contributed by atoms with Crippen LogP contribution in [0.2, 0.25) is 0 Å². The zero-order chi connectivity index (χ0) is 14.8. The number of pyridine rings is 1. The van der Waals surface area contributed by atoms with E-state index in [1.807, 2.05) is 12.3 Å². The molecule has 0 aliphatic heterocycles. The van der Waals surface area contributed by atoms with Gasteiger partial charge in [-0.15, -0.1) is 0 Å². The van der Waals surface area contributed by atoms with Gasteiger partial charge in [-0.25, -0.2) is 0 Å². The van der Waals surface area contributed by atoms with Crippen molar-refractivity contribution in [1.29, 1.82) is 0 Å². The van der Waals surface area contributed by atoms with Crippen molar-refractivity contribution >= 4 is 0 Å². The third kappa shape index (κ3) is 3.58. The second-order valence-corrected chi connectivity index (χ2v) is 7.12. The monoisotopic (exact) mass is 275 g/mol. The lowest BCUT2D eigenvalue weighted by molar-refractivity contribution is 0.0840. The molecule has 0 spiro atoms. The average molecular weight is 275 g/mol. The third-order valence-electron chi connectivity index (χ3n) is 4.81. The van der Waals surface area contributed by atoms with E-state index in [4.69, 9.17) is 5.73 Å². The molecule has 3 nitrogen and oxygen atoms in total. The van der Waals surface area contributed by atoms with Crippen LogP contribution in [-0.2, 0) is 0 Å². The largest absolute Gasteiger partial charge is 0.326 e. The molecule has 2 unspecified atom stereocenters. The van der Waals surface area contributed by atoms with Crippen LogP contribution in [-0.4, -0.2) is 29.0 Å². The average Bonchev–Trinajstić information content (AvgIpc) is 2.39. The van der Waals surface area contributed by atoms with Crippen molar-refractivity contribution in [2.45, 2.75) is 64.6 Å². The summed E-state index contributed by atoms with van der Waals surface area (Å²) < 4.78 is 0. The number of aromatic nitrogens is 1. The standard InChI is InChI=1S/C17H29N3/c1-13(18)16(15-7-5-6-12-19-15)20(4)14-8-10-17(2,3)11-9-14/h5-7,12-14,16H,8-11,18H2,1-4H3. The van der Waals surface area contributed by atoms with E-state index in [0.29, 0.717) is 11.5 Å². The van der Waals surface area contributed by atoms with Crippen LogP contribution < -0.4 is 5.73 Å². The van der Waals surface area contributed by atoms with Gasteiger partial charge in [-0.1, -0.05) is 19.9 Å². The van der Waals surface area contributed by atoms with Gasteiger partial charge in [-0.05, 0) is 57.2 Å². The second kappa shape index (κ2) is 6.23. The number of rotatable bonds is 4.